The van der Waals surface area contributed by atoms with Crippen molar-refractivity contribution in [2.75, 3.05) is 19.8 Å². The summed E-state index contributed by atoms with van der Waals surface area (Å²) >= 11 is 0. The maximum Gasteiger partial charge on any atom is 0.252 e. The largest absolute Gasteiger partial charge is 0.395 e. The van der Waals surface area contributed by atoms with Crippen LogP contribution in [0.5, 0.6) is 0 Å². The normalized spacial score (nSPS) is 30.1. The van der Waals surface area contributed by atoms with Crippen molar-refractivity contribution in [1.29, 1.82) is 0 Å². The van der Waals surface area contributed by atoms with E-state index in [1.807, 2.05) is 4.90 Å². The summed E-state index contributed by atoms with van der Waals surface area (Å²) < 4.78 is 5.50. The van der Waals surface area contributed by atoms with Crippen molar-refractivity contribution >= 4 is 5.91 Å². The van der Waals surface area contributed by atoms with E-state index in [1.165, 1.54) is 6.42 Å². The van der Waals surface area contributed by atoms with Gasteiger partial charge in [0.2, 0.25) is 0 Å². The van der Waals surface area contributed by atoms with Crippen molar-refractivity contribution < 1.29 is 14.6 Å². The van der Waals surface area contributed by atoms with E-state index in [1.54, 1.807) is 0 Å². The van der Waals surface area contributed by atoms with Gasteiger partial charge in [0.05, 0.1) is 6.61 Å². The zero-order valence-electron chi connectivity index (χ0n) is 9.89. The second kappa shape index (κ2) is 5.15. The highest BCUT2D eigenvalue weighted by Crippen LogP contribution is 2.28. The van der Waals surface area contributed by atoms with Gasteiger partial charge in [-0.3, -0.25) is 4.79 Å². The molecule has 1 heterocycles. The molecule has 0 bridgehead atoms. The van der Waals surface area contributed by atoms with E-state index in [-0.39, 0.29) is 18.6 Å². The van der Waals surface area contributed by atoms with Crippen LogP contribution in [0.3, 0.4) is 0 Å². The van der Waals surface area contributed by atoms with Crippen molar-refractivity contribution in [2.24, 2.45) is 5.92 Å². The third kappa shape index (κ3) is 2.23. The fourth-order valence-electron chi connectivity index (χ4n) is 2.45. The highest BCUT2D eigenvalue weighted by Gasteiger charge is 2.37. The summed E-state index contributed by atoms with van der Waals surface area (Å²) in [5.41, 5.74) is 0. The Balaban J connectivity index is 1.98. The van der Waals surface area contributed by atoms with Gasteiger partial charge in [-0.05, 0) is 31.6 Å². The molecule has 2 aliphatic rings. The lowest BCUT2D eigenvalue weighted by Crippen LogP contribution is -2.50. The van der Waals surface area contributed by atoms with Gasteiger partial charge in [0.25, 0.3) is 5.91 Å². The smallest absolute Gasteiger partial charge is 0.252 e. The van der Waals surface area contributed by atoms with Gasteiger partial charge in [0.1, 0.15) is 6.10 Å². The van der Waals surface area contributed by atoms with E-state index in [0.717, 1.165) is 19.3 Å². The third-order valence-corrected chi connectivity index (χ3v) is 3.77. The van der Waals surface area contributed by atoms with E-state index in [9.17, 15) is 4.79 Å². The number of carbonyl (C=O) groups excluding carboxylic acids is 1. The highest BCUT2D eigenvalue weighted by atomic mass is 16.5. The van der Waals surface area contributed by atoms with Gasteiger partial charge < -0.3 is 14.7 Å². The Morgan fingerprint density at radius 1 is 1.44 bits per heavy atom. The SMILES string of the molecule is CC1CCOC1C(=O)N(CCO)C1CCC1. The van der Waals surface area contributed by atoms with Crippen LogP contribution in [-0.2, 0) is 9.53 Å². The Labute approximate surface area is 96.6 Å². The summed E-state index contributed by atoms with van der Waals surface area (Å²) in [6.45, 7) is 3.25. The van der Waals surface area contributed by atoms with Gasteiger partial charge in [0.15, 0.2) is 0 Å². The molecule has 4 heteroatoms. The molecule has 2 atom stereocenters. The first-order valence-corrected chi connectivity index (χ1v) is 6.27. The predicted octanol–water partition coefficient (Wildman–Crippen LogP) is 0.785. The number of rotatable bonds is 4. The summed E-state index contributed by atoms with van der Waals surface area (Å²) in [6, 6.07) is 0.344. The average Bonchev–Trinajstić information content (AvgIpc) is 2.60. The Bertz CT molecular complexity index is 253. The quantitative estimate of drug-likeness (QED) is 0.772. The number of hydrogen-bond acceptors (Lipinski definition) is 3. The van der Waals surface area contributed by atoms with Crippen LogP contribution in [0.4, 0.5) is 0 Å². The van der Waals surface area contributed by atoms with E-state index in [4.69, 9.17) is 9.84 Å². The number of aliphatic hydroxyl groups is 1. The topological polar surface area (TPSA) is 49.8 Å². The minimum absolute atomic E-state index is 0.0450. The Morgan fingerprint density at radius 2 is 2.19 bits per heavy atom. The van der Waals surface area contributed by atoms with E-state index >= 15 is 0 Å². The van der Waals surface area contributed by atoms with Crippen molar-refractivity contribution in [3.05, 3.63) is 0 Å². The molecule has 0 aromatic carbocycles. The van der Waals surface area contributed by atoms with Crippen LogP contribution in [0.2, 0.25) is 0 Å². The summed E-state index contributed by atoms with van der Waals surface area (Å²) in [4.78, 5) is 14.1. The first-order valence-electron chi connectivity index (χ1n) is 6.27. The zero-order valence-corrected chi connectivity index (χ0v) is 9.89. The van der Waals surface area contributed by atoms with Crippen LogP contribution in [0.25, 0.3) is 0 Å². The van der Waals surface area contributed by atoms with Gasteiger partial charge >= 0.3 is 0 Å². The fraction of sp³-hybridized carbons (Fsp3) is 0.917. The lowest BCUT2D eigenvalue weighted by atomic mass is 9.90. The summed E-state index contributed by atoms with van der Waals surface area (Å²) in [6.07, 6.45) is 4.04. The molecule has 1 aliphatic heterocycles. The van der Waals surface area contributed by atoms with Crippen molar-refractivity contribution in [3.63, 3.8) is 0 Å². The molecule has 1 saturated carbocycles. The van der Waals surface area contributed by atoms with Gasteiger partial charge in [-0.15, -0.1) is 0 Å². The molecule has 1 aliphatic carbocycles. The van der Waals surface area contributed by atoms with Crippen LogP contribution in [0.15, 0.2) is 0 Å². The summed E-state index contributed by atoms with van der Waals surface area (Å²) in [7, 11) is 0. The predicted molar refractivity (Wildman–Crippen MR) is 60.0 cm³/mol. The number of aliphatic hydroxyl groups excluding tert-OH is 1. The van der Waals surface area contributed by atoms with E-state index in [2.05, 4.69) is 6.92 Å². The zero-order chi connectivity index (χ0) is 11.5. The lowest BCUT2D eigenvalue weighted by Gasteiger charge is -2.38. The Morgan fingerprint density at radius 3 is 2.62 bits per heavy atom. The van der Waals surface area contributed by atoms with Gasteiger partial charge in [-0.1, -0.05) is 6.92 Å². The highest BCUT2D eigenvalue weighted by molar-refractivity contribution is 5.82. The van der Waals surface area contributed by atoms with Gasteiger partial charge in [-0.25, -0.2) is 0 Å². The minimum Gasteiger partial charge on any atom is -0.395 e. The second-order valence-corrected chi connectivity index (χ2v) is 4.90. The van der Waals surface area contributed by atoms with Crippen LogP contribution in [0, 0.1) is 5.92 Å². The number of ether oxygens (including phenoxy) is 1. The average molecular weight is 227 g/mol. The van der Waals surface area contributed by atoms with Crippen LogP contribution in [-0.4, -0.2) is 47.8 Å². The number of amides is 1. The molecule has 0 aromatic heterocycles. The van der Waals surface area contributed by atoms with Crippen molar-refractivity contribution in [2.45, 2.75) is 44.8 Å². The fourth-order valence-corrected chi connectivity index (χ4v) is 2.45. The molecule has 0 radical (unpaired) electrons. The molecule has 2 fully saturated rings. The third-order valence-electron chi connectivity index (χ3n) is 3.77. The molecule has 2 rings (SSSR count). The van der Waals surface area contributed by atoms with E-state index < -0.39 is 0 Å². The first-order chi connectivity index (χ1) is 7.74. The number of hydrogen-bond donors (Lipinski definition) is 1. The molecule has 1 amide bonds. The molecule has 0 spiro atoms. The molecular weight excluding hydrogens is 206 g/mol. The molecule has 92 valence electrons. The van der Waals surface area contributed by atoms with Crippen molar-refractivity contribution in [3.8, 4) is 0 Å². The van der Waals surface area contributed by atoms with Crippen molar-refractivity contribution in [1.82, 2.24) is 4.90 Å². The molecule has 4 nitrogen and oxygen atoms in total. The minimum atomic E-state index is -0.271. The standard InChI is InChI=1S/C12H21NO3/c1-9-5-8-16-11(9)12(15)13(6-7-14)10-3-2-4-10/h9-11,14H,2-8H2,1H3. The molecule has 2 unspecified atom stereocenters. The molecular formula is C12H21NO3. The van der Waals surface area contributed by atoms with Gasteiger partial charge in [0, 0.05) is 19.2 Å². The Kier molecular flexibility index (Phi) is 3.82. The molecule has 1 N–H and O–H groups in total. The lowest BCUT2D eigenvalue weighted by molar-refractivity contribution is -0.147. The molecule has 0 aromatic rings. The maximum absolute atomic E-state index is 12.3. The van der Waals surface area contributed by atoms with Gasteiger partial charge in [-0.2, -0.15) is 0 Å². The number of nitrogens with zero attached hydrogens (tertiary/aromatic N) is 1. The molecule has 1 saturated heterocycles. The number of carbonyl (C=O) groups is 1. The Hall–Kier alpha value is -0.610. The van der Waals surface area contributed by atoms with Crippen LogP contribution >= 0.6 is 0 Å². The van der Waals surface area contributed by atoms with E-state index in [0.29, 0.717) is 25.1 Å². The van der Waals surface area contributed by atoms with Crippen LogP contribution in [0.1, 0.15) is 32.6 Å². The second-order valence-electron chi connectivity index (χ2n) is 4.90. The monoisotopic (exact) mass is 227 g/mol. The maximum atomic E-state index is 12.3. The summed E-state index contributed by atoms with van der Waals surface area (Å²) in [5, 5.41) is 9.03. The van der Waals surface area contributed by atoms with Crippen LogP contribution < -0.4 is 0 Å². The molecule has 16 heavy (non-hydrogen) atoms. The first kappa shape index (κ1) is 11.9. The summed E-state index contributed by atoms with van der Waals surface area (Å²) in [5.74, 6) is 0.400.